The van der Waals surface area contributed by atoms with Crippen LogP contribution >= 0.6 is 11.6 Å². The van der Waals surface area contributed by atoms with Gasteiger partial charge < -0.3 is 4.74 Å². The van der Waals surface area contributed by atoms with Gasteiger partial charge >= 0.3 is 0 Å². The van der Waals surface area contributed by atoms with Crippen LogP contribution in [-0.4, -0.2) is 11.8 Å². The van der Waals surface area contributed by atoms with Gasteiger partial charge in [-0.05, 0) is 41.8 Å². The Morgan fingerprint density at radius 2 is 2.00 bits per heavy atom. The summed E-state index contributed by atoms with van der Waals surface area (Å²) in [6, 6.07) is 7.46. The van der Waals surface area contributed by atoms with E-state index >= 15 is 0 Å². The van der Waals surface area contributed by atoms with E-state index in [0.29, 0.717) is 6.61 Å². The molecule has 0 aliphatic carbocycles. The molecule has 17 heavy (non-hydrogen) atoms. The van der Waals surface area contributed by atoms with Crippen molar-refractivity contribution < 1.29 is 9.53 Å². The number of hydrogen-bond acceptors (Lipinski definition) is 2. The van der Waals surface area contributed by atoms with E-state index in [9.17, 15) is 4.79 Å². The second kappa shape index (κ2) is 7.69. The van der Waals surface area contributed by atoms with E-state index in [4.69, 9.17) is 16.3 Å². The highest BCUT2D eigenvalue weighted by molar-refractivity contribution is 6.66. The van der Waals surface area contributed by atoms with Crippen molar-refractivity contribution >= 4 is 22.9 Å². The zero-order valence-electron chi connectivity index (χ0n) is 9.73. The average Bonchev–Trinajstić information content (AvgIpc) is 2.33. The minimum absolute atomic E-state index is 0.477. The summed E-state index contributed by atoms with van der Waals surface area (Å²) >= 11 is 5.20. The van der Waals surface area contributed by atoms with Gasteiger partial charge in [0.25, 0.3) is 0 Å². The van der Waals surface area contributed by atoms with Crippen LogP contribution in [0.4, 0.5) is 0 Å². The predicted octanol–water partition coefficient (Wildman–Crippen LogP) is 3.81. The fourth-order valence-electron chi connectivity index (χ4n) is 1.22. The molecule has 1 aromatic rings. The van der Waals surface area contributed by atoms with Crippen molar-refractivity contribution in [2.24, 2.45) is 0 Å². The smallest absolute Gasteiger partial charge is 0.245 e. The lowest BCUT2D eigenvalue weighted by atomic mass is 10.2. The third-order valence-corrected chi connectivity index (χ3v) is 2.16. The van der Waals surface area contributed by atoms with Crippen LogP contribution in [-0.2, 0) is 4.79 Å². The molecule has 0 fully saturated rings. The molecular formula is C14H15ClO2. The van der Waals surface area contributed by atoms with Crippen LogP contribution in [0, 0.1) is 0 Å². The number of halogens is 1. The largest absolute Gasteiger partial charge is 0.490 e. The number of benzene rings is 1. The van der Waals surface area contributed by atoms with Crippen molar-refractivity contribution in [3.63, 3.8) is 0 Å². The molecule has 0 N–H and O–H groups in total. The van der Waals surface area contributed by atoms with E-state index in [1.165, 1.54) is 6.08 Å². The molecule has 1 aromatic carbocycles. The molecule has 0 saturated carbocycles. The number of ether oxygens (including phenoxy) is 1. The Kier molecular flexibility index (Phi) is 6.12. The van der Waals surface area contributed by atoms with Gasteiger partial charge in [-0.25, -0.2) is 0 Å². The second-order valence-corrected chi connectivity index (χ2v) is 3.77. The van der Waals surface area contributed by atoms with Gasteiger partial charge in [0, 0.05) is 0 Å². The molecule has 0 aliphatic heterocycles. The molecule has 0 amide bonds. The van der Waals surface area contributed by atoms with Crippen molar-refractivity contribution in [3.8, 4) is 5.75 Å². The lowest BCUT2D eigenvalue weighted by Gasteiger charge is -2.02. The normalized spacial score (nSPS) is 11.2. The van der Waals surface area contributed by atoms with Crippen LogP contribution in [0.3, 0.4) is 0 Å². The summed E-state index contributed by atoms with van der Waals surface area (Å²) in [6.07, 6.45) is 8.04. The highest BCUT2D eigenvalue weighted by Gasteiger charge is 1.92. The van der Waals surface area contributed by atoms with Gasteiger partial charge in [0.1, 0.15) is 12.4 Å². The standard InChI is InChI=1S/C14H15ClO2/c1-2-3-4-11-17-13-8-5-12(6-9-13)7-10-14(15)16/h3-10H,2,11H2,1H3. The van der Waals surface area contributed by atoms with Crippen molar-refractivity contribution in [2.75, 3.05) is 6.61 Å². The Balaban J connectivity index is 2.50. The lowest BCUT2D eigenvalue weighted by Crippen LogP contribution is -1.92. The second-order valence-electron chi connectivity index (χ2n) is 3.40. The molecule has 0 aliphatic rings. The van der Waals surface area contributed by atoms with E-state index < -0.39 is 5.24 Å². The Hall–Kier alpha value is -1.54. The molecule has 0 bridgehead atoms. The molecule has 0 heterocycles. The first-order chi connectivity index (χ1) is 8.22. The fraction of sp³-hybridized carbons (Fsp3) is 0.214. The van der Waals surface area contributed by atoms with E-state index in [2.05, 4.69) is 13.0 Å². The zero-order chi connectivity index (χ0) is 12.5. The molecule has 1 rings (SSSR count). The van der Waals surface area contributed by atoms with Crippen LogP contribution in [0.2, 0.25) is 0 Å². The maximum Gasteiger partial charge on any atom is 0.245 e. The van der Waals surface area contributed by atoms with E-state index in [1.807, 2.05) is 30.3 Å². The maximum atomic E-state index is 10.5. The van der Waals surface area contributed by atoms with Crippen LogP contribution in [0.1, 0.15) is 18.9 Å². The molecule has 90 valence electrons. The third-order valence-electron chi connectivity index (χ3n) is 2.04. The van der Waals surface area contributed by atoms with Gasteiger partial charge in [0.2, 0.25) is 5.24 Å². The van der Waals surface area contributed by atoms with Crippen LogP contribution in [0.5, 0.6) is 5.75 Å². The molecule has 0 unspecified atom stereocenters. The highest BCUT2D eigenvalue weighted by Crippen LogP contribution is 2.13. The van der Waals surface area contributed by atoms with Crippen LogP contribution < -0.4 is 4.74 Å². The molecule has 0 spiro atoms. The monoisotopic (exact) mass is 250 g/mol. The summed E-state index contributed by atoms with van der Waals surface area (Å²) in [6.45, 7) is 2.65. The fourth-order valence-corrected chi connectivity index (χ4v) is 1.28. The van der Waals surface area contributed by atoms with Gasteiger partial charge in [-0.15, -0.1) is 0 Å². The Labute approximate surface area is 107 Å². The molecule has 0 atom stereocenters. The van der Waals surface area contributed by atoms with E-state index in [0.717, 1.165) is 17.7 Å². The number of allylic oxidation sites excluding steroid dienone is 2. The first-order valence-corrected chi connectivity index (χ1v) is 5.85. The van der Waals surface area contributed by atoms with Crippen LogP contribution in [0.15, 0.2) is 42.5 Å². The molecule has 3 heteroatoms. The first-order valence-electron chi connectivity index (χ1n) is 5.47. The molecule has 0 saturated heterocycles. The van der Waals surface area contributed by atoms with E-state index in [1.54, 1.807) is 6.08 Å². The maximum absolute atomic E-state index is 10.5. The van der Waals surface area contributed by atoms with Gasteiger partial charge in [-0.3, -0.25) is 4.79 Å². The Morgan fingerprint density at radius 1 is 1.29 bits per heavy atom. The minimum atomic E-state index is -0.477. The number of carbonyl (C=O) groups is 1. The van der Waals surface area contributed by atoms with Gasteiger partial charge in [-0.1, -0.05) is 37.3 Å². The summed E-state index contributed by atoms with van der Waals surface area (Å²) in [7, 11) is 0. The number of carbonyl (C=O) groups excluding carboxylic acids is 1. The van der Waals surface area contributed by atoms with Crippen molar-refractivity contribution in [3.05, 3.63) is 48.1 Å². The zero-order valence-corrected chi connectivity index (χ0v) is 10.5. The van der Waals surface area contributed by atoms with Gasteiger partial charge in [0.15, 0.2) is 0 Å². The molecule has 0 aromatic heterocycles. The predicted molar refractivity (Wildman–Crippen MR) is 71.3 cm³/mol. The summed E-state index contributed by atoms with van der Waals surface area (Å²) in [5, 5.41) is -0.477. The van der Waals surface area contributed by atoms with Crippen molar-refractivity contribution in [1.82, 2.24) is 0 Å². The summed E-state index contributed by atoms with van der Waals surface area (Å²) in [5.74, 6) is 0.806. The Bertz CT molecular complexity index is 405. The summed E-state index contributed by atoms with van der Waals surface area (Å²) in [5.41, 5.74) is 0.912. The van der Waals surface area contributed by atoms with Crippen LogP contribution in [0.25, 0.3) is 6.08 Å². The Morgan fingerprint density at radius 3 is 2.59 bits per heavy atom. The van der Waals surface area contributed by atoms with Gasteiger partial charge in [-0.2, -0.15) is 0 Å². The molecule has 0 radical (unpaired) electrons. The summed E-state index contributed by atoms with van der Waals surface area (Å²) in [4.78, 5) is 10.5. The quantitative estimate of drug-likeness (QED) is 0.436. The van der Waals surface area contributed by atoms with E-state index in [-0.39, 0.29) is 0 Å². The third kappa shape index (κ3) is 5.93. The molecular weight excluding hydrogens is 236 g/mol. The van der Waals surface area contributed by atoms with Gasteiger partial charge in [0.05, 0.1) is 0 Å². The molecule has 2 nitrogen and oxygen atoms in total. The topological polar surface area (TPSA) is 26.3 Å². The lowest BCUT2D eigenvalue weighted by molar-refractivity contribution is -0.107. The summed E-state index contributed by atoms with van der Waals surface area (Å²) < 4.78 is 5.48. The number of hydrogen-bond donors (Lipinski definition) is 0. The minimum Gasteiger partial charge on any atom is -0.490 e. The van der Waals surface area contributed by atoms with Crippen molar-refractivity contribution in [1.29, 1.82) is 0 Å². The number of rotatable bonds is 6. The SMILES string of the molecule is CCC=CCOc1ccc(C=CC(=O)Cl)cc1. The van der Waals surface area contributed by atoms with Crippen molar-refractivity contribution in [2.45, 2.75) is 13.3 Å². The average molecular weight is 251 g/mol. The highest BCUT2D eigenvalue weighted by atomic mass is 35.5. The first kappa shape index (κ1) is 13.5.